The van der Waals surface area contributed by atoms with Crippen LogP contribution in [0.15, 0.2) is 34.2 Å². The number of allylic oxidation sites excluding steroid dienone is 2. The van der Waals surface area contributed by atoms with Crippen LogP contribution in [0.2, 0.25) is 0 Å². The molecule has 5 heterocycles. The van der Waals surface area contributed by atoms with E-state index in [1.54, 1.807) is 0 Å². The Balaban J connectivity index is 1.49. The Labute approximate surface area is 273 Å². The lowest BCUT2D eigenvalue weighted by molar-refractivity contribution is -0.138. The van der Waals surface area contributed by atoms with Gasteiger partial charge in [-0.1, -0.05) is 19.9 Å². The van der Waals surface area contributed by atoms with Crippen molar-refractivity contribution in [1.29, 1.82) is 0 Å². The number of carboxylic acids is 2. The van der Waals surface area contributed by atoms with Gasteiger partial charge >= 0.3 is 11.9 Å². The number of hydrogen-bond donors (Lipinski definition) is 7. The van der Waals surface area contributed by atoms with Gasteiger partial charge in [-0.3, -0.25) is 19.2 Å². The SMILES string of the molecule is CC1=C(CCC(=O)O)/C(=C/c2[nH]c(/C=C3\NC(=O)[C@H](C)[C@H]3[C@@H]3C[SH+]3)c(C)c2CCC(=O)O)NC1C[C@H]1NC(=O)/C(=C\CS)C1C. The zero-order valence-corrected chi connectivity index (χ0v) is 27.9. The van der Waals surface area contributed by atoms with E-state index in [-0.39, 0.29) is 54.5 Å². The lowest BCUT2D eigenvalue weighted by Gasteiger charge is -2.21. The summed E-state index contributed by atoms with van der Waals surface area (Å²) in [5, 5.41) is 29.3. The fourth-order valence-corrected chi connectivity index (χ4v) is 8.15. The monoisotopic (exact) mass is 655 g/mol. The Morgan fingerprint density at radius 1 is 1.00 bits per heavy atom. The van der Waals surface area contributed by atoms with Crippen LogP contribution in [0.1, 0.15) is 69.0 Å². The van der Waals surface area contributed by atoms with Gasteiger partial charge in [-0.15, -0.1) is 0 Å². The lowest BCUT2D eigenvalue weighted by atomic mass is 9.90. The Morgan fingerprint density at radius 2 is 1.69 bits per heavy atom. The molecule has 3 fully saturated rings. The van der Waals surface area contributed by atoms with Crippen molar-refractivity contribution >= 4 is 60.3 Å². The molecular weight excluding hydrogens is 613 g/mol. The zero-order chi connectivity index (χ0) is 32.6. The molecule has 242 valence electrons. The molecule has 5 rings (SSSR count). The van der Waals surface area contributed by atoms with Crippen LogP contribution in [0.25, 0.3) is 12.2 Å². The van der Waals surface area contributed by atoms with Gasteiger partial charge in [0.05, 0.1) is 5.92 Å². The van der Waals surface area contributed by atoms with Crippen LogP contribution >= 0.6 is 12.6 Å². The Bertz CT molecular complexity index is 1540. The molecular formula is C33H43N4O6S2+. The Morgan fingerprint density at radius 3 is 2.33 bits per heavy atom. The van der Waals surface area contributed by atoms with Crippen LogP contribution in [0.4, 0.5) is 0 Å². The number of rotatable bonds is 12. The number of carbonyl (C=O) groups excluding carboxylic acids is 2. The van der Waals surface area contributed by atoms with Crippen molar-refractivity contribution in [3.8, 4) is 0 Å². The molecule has 0 saturated carbocycles. The quantitative estimate of drug-likeness (QED) is 0.0788. The van der Waals surface area contributed by atoms with Gasteiger partial charge in [0.15, 0.2) is 11.0 Å². The van der Waals surface area contributed by atoms with Crippen LogP contribution in [0.5, 0.6) is 0 Å². The largest absolute Gasteiger partial charge is 0.481 e. The van der Waals surface area contributed by atoms with E-state index in [1.807, 2.05) is 45.9 Å². The molecule has 1 aromatic heterocycles. The van der Waals surface area contributed by atoms with Crippen molar-refractivity contribution in [2.24, 2.45) is 17.8 Å². The maximum absolute atomic E-state index is 12.6. The predicted molar refractivity (Wildman–Crippen MR) is 180 cm³/mol. The second-order valence-corrected chi connectivity index (χ2v) is 14.3. The van der Waals surface area contributed by atoms with E-state index >= 15 is 0 Å². The van der Waals surface area contributed by atoms with Crippen LogP contribution in [-0.4, -0.2) is 67.8 Å². The van der Waals surface area contributed by atoms with Crippen molar-refractivity contribution in [1.82, 2.24) is 20.9 Å². The van der Waals surface area contributed by atoms with Crippen molar-refractivity contribution in [3.63, 3.8) is 0 Å². The maximum Gasteiger partial charge on any atom is 0.303 e. The minimum Gasteiger partial charge on any atom is -0.481 e. The summed E-state index contributed by atoms with van der Waals surface area (Å²) in [5.41, 5.74) is 7.72. The van der Waals surface area contributed by atoms with Crippen LogP contribution in [0, 0.1) is 24.7 Å². The molecule has 45 heavy (non-hydrogen) atoms. The number of carbonyl (C=O) groups is 4. The van der Waals surface area contributed by atoms with Gasteiger partial charge in [0, 0.05) is 70.9 Å². The first-order valence-electron chi connectivity index (χ1n) is 15.5. The van der Waals surface area contributed by atoms with Gasteiger partial charge in [0.1, 0.15) is 0 Å². The summed E-state index contributed by atoms with van der Waals surface area (Å²) in [5.74, 6) is -0.216. The molecule has 4 aliphatic heterocycles. The second kappa shape index (κ2) is 13.5. The average molecular weight is 656 g/mol. The molecule has 6 atom stereocenters. The summed E-state index contributed by atoms with van der Waals surface area (Å²) in [6, 6.07) is -0.201. The Hall–Kier alpha value is -3.38. The van der Waals surface area contributed by atoms with Crippen molar-refractivity contribution in [2.75, 3.05) is 11.5 Å². The van der Waals surface area contributed by atoms with Crippen LogP contribution < -0.4 is 16.0 Å². The molecule has 0 bridgehead atoms. The summed E-state index contributed by atoms with van der Waals surface area (Å²) < 4.78 is 0. The first-order valence-corrected chi connectivity index (χ1v) is 17.3. The van der Waals surface area contributed by atoms with Crippen molar-refractivity contribution in [3.05, 3.63) is 56.7 Å². The molecule has 12 heteroatoms. The number of aliphatic carboxylic acids is 2. The summed E-state index contributed by atoms with van der Waals surface area (Å²) in [6.45, 7) is 7.96. The van der Waals surface area contributed by atoms with Gasteiger partial charge in [-0.25, -0.2) is 0 Å². The average Bonchev–Trinajstić information content (AvgIpc) is 3.56. The van der Waals surface area contributed by atoms with E-state index in [1.165, 1.54) is 11.8 Å². The number of carboxylic acid groups (broad SMARTS) is 2. The third-order valence-electron chi connectivity index (χ3n) is 9.73. The first-order chi connectivity index (χ1) is 21.4. The molecule has 10 nitrogen and oxygen atoms in total. The van der Waals surface area contributed by atoms with Crippen LogP contribution in [-0.2, 0) is 37.4 Å². The number of thiol groups is 2. The van der Waals surface area contributed by atoms with E-state index < -0.39 is 11.9 Å². The molecule has 6 N–H and O–H groups in total. The molecule has 1 aromatic rings. The van der Waals surface area contributed by atoms with E-state index in [0.29, 0.717) is 30.3 Å². The number of aromatic nitrogens is 1. The highest BCUT2D eigenvalue weighted by molar-refractivity contribution is 7.86. The predicted octanol–water partition coefficient (Wildman–Crippen LogP) is 3.14. The molecule has 4 aliphatic rings. The van der Waals surface area contributed by atoms with Crippen molar-refractivity contribution in [2.45, 2.75) is 77.1 Å². The number of nitrogens with one attached hydrogen (secondary N) is 4. The van der Waals surface area contributed by atoms with E-state index in [4.69, 9.17) is 0 Å². The summed E-state index contributed by atoms with van der Waals surface area (Å²) >= 11 is 5.61. The minimum absolute atomic E-state index is 0.0109. The lowest BCUT2D eigenvalue weighted by Crippen LogP contribution is -2.36. The molecule has 2 unspecified atom stereocenters. The summed E-state index contributed by atoms with van der Waals surface area (Å²) in [4.78, 5) is 51.9. The summed E-state index contributed by atoms with van der Waals surface area (Å²) in [6.07, 6.45) is 7.01. The number of hydrogen-bond acceptors (Lipinski definition) is 6. The topological polar surface area (TPSA) is 161 Å². The van der Waals surface area contributed by atoms with Gasteiger partial charge < -0.3 is 31.1 Å². The molecule has 0 aliphatic carbocycles. The van der Waals surface area contributed by atoms with Gasteiger partial charge in [0.2, 0.25) is 11.8 Å². The maximum atomic E-state index is 12.6. The first kappa shape index (κ1) is 33.0. The van der Waals surface area contributed by atoms with E-state index in [9.17, 15) is 29.4 Å². The molecule has 0 radical (unpaired) electrons. The van der Waals surface area contributed by atoms with Gasteiger partial charge in [-0.2, -0.15) is 12.6 Å². The molecule has 2 amide bonds. The van der Waals surface area contributed by atoms with Gasteiger partial charge in [0.25, 0.3) is 0 Å². The zero-order valence-electron chi connectivity index (χ0n) is 26.1. The smallest absolute Gasteiger partial charge is 0.303 e. The summed E-state index contributed by atoms with van der Waals surface area (Å²) in [7, 11) is 0. The van der Waals surface area contributed by atoms with Crippen molar-refractivity contribution < 1.29 is 29.4 Å². The minimum atomic E-state index is -0.894. The Kier molecular flexibility index (Phi) is 9.93. The number of aromatic amines is 1. The fourth-order valence-electron chi connectivity index (χ4n) is 6.96. The molecule has 0 spiro atoms. The molecule has 0 aromatic carbocycles. The highest BCUT2D eigenvalue weighted by Crippen LogP contribution is 2.39. The van der Waals surface area contributed by atoms with Crippen LogP contribution in [0.3, 0.4) is 0 Å². The third-order valence-corrected chi connectivity index (χ3v) is 11.0. The number of amides is 2. The molecule has 3 saturated heterocycles. The highest BCUT2D eigenvalue weighted by Gasteiger charge is 2.52. The highest BCUT2D eigenvalue weighted by atomic mass is 32.2. The standard InChI is InChI=1S/C33H42N4O6S2/c1-15-19(5-7-29(38)39)25(34-22(15)11-24-17(3)21(9-10-44)33(43)36-24)13-26-20(6-8-30(40)41)16(2)23(35-26)12-27-31(28-14-45-28)18(4)32(42)37-27/h9,12-13,17-18,22,24,28,31,34-35,44H,5-8,10-11,14H2,1-4H3,(H,36,43)(H,37,42)(H,38,39)(H,40,41)/p+1/b21-9-,25-13-,27-12-/t17?,18-,22?,24-,28+,31-/m1/s1. The van der Waals surface area contributed by atoms with E-state index in [2.05, 4.69) is 33.6 Å². The fraction of sp³-hybridized carbons (Fsp3) is 0.515. The van der Waals surface area contributed by atoms with E-state index in [0.717, 1.165) is 56.4 Å². The van der Waals surface area contributed by atoms with Gasteiger partial charge in [-0.05, 0) is 79.3 Å². The third kappa shape index (κ3) is 7.06. The normalized spacial score (nSPS) is 30.4. The number of H-pyrrole nitrogens is 1. The second-order valence-electron chi connectivity index (χ2n) is 12.5.